The van der Waals surface area contributed by atoms with Crippen LogP contribution < -0.4 is 0 Å². The van der Waals surface area contributed by atoms with Crippen molar-refractivity contribution in [1.82, 2.24) is 39.0 Å². The average Bonchev–Trinajstić information content (AvgIpc) is 1.52. The molecule has 0 fully saturated rings. The third-order valence-electron chi connectivity index (χ3n) is 21.7. The fourth-order valence-corrected chi connectivity index (χ4v) is 16.3. The molecule has 0 bridgehead atoms. The summed E-state index contributed by atoms with van der Waals surface area (Å²) in [5, 5.41) is 2.59. The number of rotatable bonds is 11. The molecule has 0 aliphatic heterocycles. The molecule has 8 heterocycles. The zero-order valence-corrected chi connectivity index (χ0v) is 62.5. The Labute approximate surface area is 716 Å². The van der Waals surface area contributed by atoms with Crippen molar-refractivity contribution in [2.45, 2.75) is 0 Å². The van der Waals surface area contributed by atoms with Crippen molar-refractivity contribution in [2.24, 2.45) is 0 Å². The van der Waals surface area contributed by atoms with Gasteiger partial charge in [0.25, 0.3) is 0 Å². The molecule has 0 spiro atoms. The first-order valence-electron chi connectivity index (χ1n) is 49.3. The number of aromatic nitrogens is 8. The summed E-state index contributed by atoms with van der Waals surface area (Å²) in [7, 11) is 0. The van der Waals surface area contributed by atoms with Crippen LogP contribution in [0.4, 0.5) is 0 Å². The van der Waals surface area contributed by atoms with Gasteiger partial charge in [-0.25, -0.2) is 9.97 Å². The van der Waals surface area contributed by atoms with Crippen LogP contribution in [0.3, 0.4) is 0 Å². The molecule has 25 aromatic rings. The van der Waals surface area contributed by atoms with Crippen LogP contribution in [-0.2, 0) is 0 Å². The molecule has 12 nitrogen and oxygen atoms in total. The molecule has 25 rings (SSSR count). The zero-order valence-electron chi connectivity index (χ0n) is 84.5. The number of nitrogens with zero attached hydrogens (tertiary/aromatic N) is 8. The van der Waals surface area contributed by atoms with E-state index in [-0.39, 0.29) is 146 Å². The minimum atomic E-state index is -0.636. The number of hydrogen-bond acceptors (Lipinski definition) is 10. The first-order chi connectivity index (χ1) is 68.6. The first kappa shape index (κ1) is 49.4. The highest BCUT2D eigenvalue weighted by Gasteiger charge is 2.27. The smallest absolute Gasteiger partial charge is 0.238 e. The zero-order chi connectivity index (χ0) is 98.0. The van der Waals surface area contributed by atoms with Gasteiger partial charge in [0.2, 0.25) is 11.9 Å². The fourth-order valence-electron chi connectivity index (χ4n) is 16.3. The van der Waals surface area contributed by atoms with Gasteiger partial charge in [-0.3, -0.25) is 9.13 Å². The van der Waals surface area contributed by atoms with Crippen molar-refractivity contribution in [3.05, 3.63) is 388 Å². The highest BCUT2D eigenvalue weighted by atomic mass is 16.3. The molecule has 0 amide bonds. The summed E-state index contributed by atoms with van der Waals surface area (Å²) in [6.45, 7) is 0. The summed E-state index contributed by atoms with van der Waals surface area (Å²) < 4.78 is 228. The molecule has 560 valence electrons. The van der Waals surface area contributed by atoms with E-state index in [4.69, 9.17) is 64.0 Å². The third kappa shape index (κ3) is 11.3. The van der Waals surface area contributed by atoms with Gasteiger partial charge in [0.1, 0.15) is 44.7 Å². The second kappa shape index (κ2) is 27.7. The molecule has 0 N–H and O–H groups in total. The van der Waals surface area contributed by atoms with Crippen LogP contribution in [-0.4, -0.2) is 39.0 Å². The predicted octanol–water partition coefficient (Wildman–Crippen LogP) is 28.5. The molecule has 0 aliphatic carbocycles. The van der Waals surface area contributed by atoms with Crippen molar-refractivity contribution in [3.8, 4) is 113 Å². The quantitative estimate of drug-likeness (QED) is 0.123. The van der Waals surface area contributed by atoms with Gasteiger partial charge in [-0.15, -0.1) is 0 Å². The molecule has 0 aliphatic rings. The highest BCUT2D eigenvalue weighted by Crippen LogP contribution is 2.47. The number of furan rings is 4. The van der Waals surface area contributed by atoms with Gasteiger partial charge in [-0.1, -0.05) is 279 Å². The molecule has 0 radical (unpaired) electrons. The molecule has 0 saturated carbocycles. The highest BCUT2D eigenvalue weighted by molar-refractivity contribution is 6.26. The van der Waals surface area contributed by atoms with E-state index in [1.54, 1.807) is 24.3 Å². The van der Waals surface area contributed by atoms with Crippen LogP contribution in [0.15, 0.2) is 405 Å². The van der Waals surface area contributed by atoms with E-state index in [0.717, 1.165) is 54.9 Å². The normalized spacial score (nSPS) is 14.4. The van der Waals surface area contributed by atoms with Crippen LogP contribution in [0.5, 0.6) is 0 Å². The van der Waals surface area contributed by atoms with Gasteiger partial charge in [-0.2, -0.15) is 19.9 Å². The monoisotopic (exact) mass is 1560 g/mol. The van der Waals surface area contributed by atoms with Crippen molar-refractivity contribution in [2.75, 3.05) is 0 Å². The van der Waals surface area contributed by atoms with Crippen LogP contribution in [0, 0.1) is 0 Å². The van der Waals surface area contributed by atoms with E-state index in [2.05, 4.69) is 0 Å². The molecule has 8 aromatic heterocycles. The van der Waals surface area contributed by atoms with E-state index in [1.165, 1.54) is 9.13 Å². The summed E-state index contributed by atoms with van der Waals surface area (Å²) in [6.07, 6.45) is 0. The lowest BCUT2D eigenvalue weighted by Gasteiger charge is -2.13. The minimum absolute atomic E-state index is 0.0101. The Bertz CT molecular complexity index is 9850. The number of hydrogen-bond donors (Lipinski definition) is 0. The molecule has 0 atom stereocenters. The van der Waals surface area contributed by atoms with Crippen molar-refractivity contribution in [3.63, 3.8) is 0 Å². The summed E-state index contributed by atoms with van der Waals surface area (Å²) in [5.41, 5.74) is 10.2. The molecular formula is C108H64N8O4. The maximum absolute atomic E-state index is 9.92. The third-order valence-corrected chi connectivity index (χ3v) is 21.7. The lowest BCUT2D eigenvalue weighted by molar-refractivity contribution is 0.668. The van der Waals surface area contributed by atoms with Gasteiger partial charge in [0.05, 0.1) is 63.0 Å². The first-order valence-corrected chi connectivity index (χ1v) is 38.3. The molecule has 0 saturated heterocycles. The second-order valence-electron chi connectivity index (χ2n) is 28.6. The van der Waals surface area contributed by atoms with Crippen molar-refractivity contribution < 1.29 is 47.8 Å². The maximum Gasteiger partial charge on any atom is 0.238 e. The van der Waals surface area contributed by atoms with Gasteiger partial charge >= 0.3 is 0 Å². The predicted molar refractivity (Wildman–Crippen MR) is 486 cm³/mol. The molecule has 17 aromatic carbocycles. The summed E-state index contributed by atoms with van der Waals surface area (Å²) in [4.78, 5) is 30.4. The van der Waals surface area contributed by atoms with Crippen LogP contribution in [0.25, 0.3) is 244 Å². The lowest BCUT2D eigenvalue weighted by atomic mass is 9.96. The summed E-state index contributed by atoms with van der Waals surface area (Å²) in [6, 6.07) is 69.2. The van der Waals surface area contributed by atoms with Gasteiger partial charge < -0.3 is 17.7 Å². The van der Waals surface area contributed by atoms with E-state index in [0.29, 0.717) is 55.7 Å². The number of benzene rings is 17. The molecule has 0 unspecified atom stereocenters. The standard InChI is InChI=1S/C57H34N4O2.C51H30N4O2/c1-4-15-35(16-5-1)39-31-40(36-17-6-2-7-18-36)33-41(32-39)56-58-55(38-27-28-46-51(34-38)63-49-26-14-23-42(52(46)49)37-19-8-3-9-20-37)59-57(60-56)61-47-24-12-10-21-43(47)44-29-30-50-53(54(44)61)45-22-11-13-25-48(45)62-50;1-3-13-31(14-4-1)33-17-11-18-34(29-33)49-52-50(35-25-26-40-45(30-35)57-43-24-12-21-36(46(40)43)32-15-5-2-6-16-32)54-51(53-49)55-41-22-9-7-19-37(41)38-27-28-44-47(48(38)55)39-20-8-10-23-42(39)56-44/h1-34H;1-30H/i10D,11D,12D,13D,21D,22D,24D,25D,29D,30D,31D,32D;7D,8D,9D,10D,19D,20D,22D,23D,27D,28D. The van der Waals surface area contributed by atoms with E-state index in [9.17, 15) is 13.7 Å². The fraction of sp³-hybridized carbons (Fsp3) is 0. The van der Waals surface area contributed by atoms with E-state index < -0.39 is 121 Å². The SMILES string of the molecule is [2H]c1c(-c2ccccc2)cc(-c2nc(-c3ccc4c(c3)oc3cccc(-c5ccccc5)c34)nc(-n3c4c([2H])c([2H])c([2H])c([2H])c4c4c([2H])c([2H])c5oc6c([2H])c([2H])c([2H])c([2H])c6c5c43)n2)c([2H])c1-c1ccccc1.[2H]c1c([2H])c([2H])c2c(oc3c([2H])c([2H])c4c5c([2H])c([2H])c([2H])c([2H])c5n(-c5nc(-c6cccc(-c7ccccc7)c6)nc(-c6ccc7c(c6)oc6cccc(-c8ccccc8)c67)n5)c4c32)c1[2H]. The van der Waals surface area contributed by atoms with Crippen LogP contribution in [0.1, 0.15) is 30.2 Å². The lowest BCUT2D eigenvalue weighted by Crippen LogP contribution is -2.06. The maximum atomic E-state index is 9.92. The topological polar surface area (TPSA) is 140 Å². The Morgan fingerprint density at radius 3 is 1.04 bits per heavy atom. The van der Waals surface area contributed by atoms with Gasteiger partial charge in [0.15, 0.2) is 23.3 Å². The van der Waals surface area contributed by atoms with Crippen molar-refractivity contribution in [1.29, 1.82) is 0 Å². The Kier molecular flexibility index (Phi) is 11.4. The summed E-state index contributed by atoms with van der Waals surface area (Å²) >= 11 is 0. The largest absolute Gasteiger partial charge is 0.456 e. The Hall–Kier alpha value is -16.4. The molecular weight excluding hydrogens is 1470 g/mol. The second-order valence-corrected chi connectivity index (χ2v) is 28.6. The van der Waals surface area contributed by atoms with Gasteiger partial charge in [-0.05, 0) is 165 Å². The number of para-hydroxylation sites is 4. The van der Waals surface area contributed by atoms with E-state index in [1.807, 2.05) is 231 Å². The summed E-state index contributed by atoms with van der Waals surface area (Å²) in [5.74, 6) is -0.138. The van der Waals surface area contributed by atoms with Crippen LogP contribution >= 0.6 is 0 Å². The van der Waals surface area contributed by atoms with Crippen molar-refractivity contribution >= 4 is 131 Å². The average molecular weight is 1560 g/mol. The Balaban J connectivity index is 0.000000154. The Morgan fingerprint density at radius 1 is 0.208 bits per heavy atom. The van der Waals surface area contributed by atoms with E-state index >= 15 is 0 Å². The van der Waals surface area contributed by atoms with Crippen LogP contribution in [0.2, 0.25) is 0 Å². The minimum Gasteiger partial charge on any atom is -0.456 e. The Morgan fingerprint density at radius 2 is 0.567 bits per heavy atom. The molecule has 12 heteroatoms. The number of fused-ring (bicyclic) bond motifs is 20. The molecule has 120 heavy (non-hydrogen) atoms. The van der Waals surface area contributed by atoms with Gasteiger partial charge in [0, 0.05) is 76.1 Å².